The third-order valence-corrected chi connectivity index (χ3v) is 15.7. The van der Waals surface area contributed by atoms with Crippen LogP contribution in [0.2, 0.25) is 0 Å². The molecule has 0 atom stereocenters. The summed E-state index contributed by atoms with van der Waals surface area (Å²) >= 11 is 0. The average Bonchev–Trinajstić information content (AvgIpc) is 4.22. The van der Waals surface area contributed by atoms with E-state index in [0.717, 1.165) is 60.7 Å². The highest BCUT2D eigenvalue weighted by atomic mass is 16.3. The molecule has 14 aromatic rings. The lowest BCUT2D eigenvalue weighted by atomic mass is 9.70. The van der Waals surface area contributed by atoms with Crippen molar-refractivity contribution < 1.29 is 4.42 Å². The second-order valence-electron chi connectivity index (χ2n) is 19.1. The monoisotopic (exact) mass is 888 g/mol. The highest BCUT2D eigenvalue weighted by molar-refractivity contribution is 6.24. The van der Waals surface area contributed by atoms with Crippen molar-refractivity contribution in [3.63, 3.8) is 0 Å². The maximum atomic E-state index is 6.94. The fourth-order valence-electron chi connectivity index (χ4n) is 12.9. The van der Waals surface area contributed by atoms with Crippen molar-refractivity contribution in [1.82, 2.24) is 9.13 Å². The van der Waals surface area contributed by atoms with Crippen molar-refractivity contribution in [2.45, 2.75) is 5.41 Å². The number of para-hydroxylation sites is 2. The Morgan fingerprint density at radius 2 is 0.871 bits per heavy atom. The molecule has 2 aliphatic rings. The molecule has 0 aliphatic heterocycles. The third-order valence-electron chi connectivity index (χ3n) is 15.7. The number of hydrogen-bond donors (Lipinski definition) is 0. The van der Waals surface area contributed by atoms with E-state index in [9.17, 15) is 0 Å². The number of rotatable bonds is 4. The smallest absolute Gasteiger partial charge is 0.145 e. The summed E-state index contributed by atoms with van der Waals surface area (Å²) in [7, 11) is 0. The van der Waals surface area contributed by atoms with E-state index in [2.05, 4.69) is 252 Å². The van der Waals surface area contributed by atoms with Crippen molar-refractivity contribution >= 4 is 65.6 Å². The minimum Gasteiger partial charge on any atom is -0.455 e. The van der Waals surface area contributed by atoms with E-state index in [4.69, 9.17) is 4.42 Å². The molecule has 0 saturated heterocycles. The highest BCUT2D eigenvalue weighted by Crippen LogP contribution is 2.64. The summed E-state index contributed by atoms with van der Waals surface area (Å²) in [6.07, 6.45) is 0. The quantitative estimate of drug-likeness (QED) is 0.173. The van der Waals surface area contributed by atoms with Gasteiger partial charge in [0.2, 0.25) is 0 Å². The summed E-state index contributed by atoms with van der Waals surface area (Å²) in [5, 5.41) is 6.99. The van der Waals surface area contributed by atoms with Gasteiger partial charge in [0.15, 0.2) is 0 Å². The van der Waals surface area contributed by atoms with E-state index in [-0.39, 0.29) is 0 Å². The molecule has 0 unspecified atom stereocenters. The molecule has 0 N–H and O–H groups in total. The Morgan fingerprint density at radius 3 is 1.66 bits per heavy atom. The molecule has 3 heterocycles. The van der Waals surface area contributed by atoms with Gasteiger partial charge in [0, 0.05) is 38.2 Å². The molecule has 11 aromatic carbocycles. The van der Waals surface area contributed by atoms with Gasteiger partial charge >= 0.3 is 0 Å². The zero-order valence-corrected chi connectivity index (χ0v) is 37.9. The van der Waals surface area contributed by atoms with E-state index in [0.29, 0.717) is 0 Å². The van der Waals surface area contributed by atoms with Crippen molar-refractivity contribution in [2.75, 3.05) is 0 Å². The standard InChI is InChI=1S/C67H40N2O/c1-2-16-41(17-3-1)42-18-14-19-45(38-42)68-58-29-12-7-22-48(58)52-39-43(32-35-59(52)68)44-33-36-60-53(40-44)65-62(37-34-50-49-23-8-13-31-63(49)70-66(50)65)69(60)61-30-15-28-57-64(61)51-24-6-11-27-56(51)67(57)54-25-9-4-20-46(54)47-21-5-10-26-55(47)67/h1-40H. The number of nitrogens with zero attached hydrogens (tertiary/aromatic N) is 2. The molecular weight excluding hydrogens is 849 g/mol. The van der Waals surface area contributed by atoms with Crippen molar-refractivity contribution in [1.29, 1.82) is 0 Å². The van der Waals surface area contributed by atoms with Crippen molar-refractivity contribution in [3.8, 4) is 55.9 Å². The van der Waals surface area contributed by atoms with Gasteiger partial charge in [0.1, 0.15) is 11.2 Å². The summed E-state index contributed by atoms with van der Waals surface area (Å²) in [6.45, 7) is 0. The Kier molecular flexibility index (Phi) is 7.54. The number of furan rings is 1. The van der Waals surface area contributed by atoms with Crippen LogP contribution in [0, 0.1) is 0 Å². The van der Waals surface area contributed by atoms with Crippen LogP contribution in [0.1, 0.15) is 22.3 Å². The number of fused-ring (bicyclic) bond motifs is 20. The molecule has 70 heavy (non-hydrogen) atoms. The Hall–Kier alpha value is -9.18. The molecule has 1 spiro atoms. The van der Waals surface area contributed by atoms with E-state index in [1.54, 1.807) is 0 Å². The molecular formula is C67H40N2O. The third kappa shape index (κ3) is 4.88. The summed E-state index contributed by atoms with van der Waals surface area (Å²) in [5.41, 5.74) is 23.5. The molecule has 3 heteroatoms. The van der Waals surface area contributed by atoms with Gasteiger partial charge in [0.25, 0.3) is 0 Å². The van der Waals surface area contributed by atoms with Crippen LogP contribution < -0.4 is 0 Å². The fraction of sp³-hybridized carbons (Fsp3) is 0.0149. The van der Waals surface area contributed by atoms with E-state index >= 15 is 0 Å². The molecule has 0 saturated carbocycles. The lowest BCUT2D eigenvalue weighted by Crippen LogP contribution is -2.25. The normalized spacial score (nSPS) is 13.3. The van der Waals surface area contributed by atoms with Crippen molar-refractivity contribution in [3.05, 3.63) is 265 Å². The molecule has 3 aromatic heterocycles. The maximum absolute atomic E-state index is 6.94. The van der Waals surface area contributed by atoms with E-state index in [1.807, 2.05) is 0 Å². The first kappa shape index (κ1) is 37.9. The Bertz CT molecular complexity index is 4500. The summed E-state index contributed by atoms with van der Waals surface area (Å²) in [5.74, 6) is 0. The predicted octanol–water partition coefficient (Wildman–Crippen LogP) is 17.5. The minimum absolute atomic E-state index is 0.445. The summed E-state index contributed by atoms with van der Waals surface area (Å²) in [6, 6.07) is 89.7. The van der Waals surface area contributed by atoms with Gasteiger partial charge in [-0.2, -0.15) is 0 Å². The molecule has 16 rings (SSSR count). The molecule has 0 radical (unpaired) electrons. The fourth-order valence-corrected chi connectivity index (χ4v) is 12.9. The van der Waals surface area contributed by atoms with Crippen LogP contribution in [0.4, 0.5) is 0 Å². The van der Waals surface area contributed by atoms with Crippen LogP contribution in [0.15, 0.2) is 247 Å². The highest BCUT2D eigenvalue weighted by Gasteiger charge is 2.52. The van der Waals surface area contributed by atoms with Gasteiger partial charge in [-0.05, 0) is 128 Å². The van der Waals surface area contributed by atoms with Crippen LogP contribution in [-0.2, 0) is 5.41 Å². The van der Waals surface area contributed by atoms with Crippen LogP contribution in [0.3, 0.4) is 0 Å². The van der Waals surface area contributed by atoms with E-state index in [1.165, 1.54) is 83.0 Å². The predicted molar refractivity (Wildman–Crippen MR) is 290 cm³/mol. The zero-order valence-electron chi connectivity index (χ0n) is 37.9. The lowest BCUT2D eigenvalue weighted by Gasteiger charge is -2.30. The SMILES string of the molecule is c1ccc(-c2cccc(-n3c4ccccc4c4cc(-c5ccc6c(c5)c5c7oc8ccccc8c7ccc5n6-c5cccc6c5-c5ccccc5C65c6ccccc6-c6ccccc65)ccc43)c2)cc1. The average molecular weight is 889 g/mol. The number of aromatic nitrogens is 2. The Balaban J connectivity index is 0.944. The molecule has 2 aliphatic carbocycles. The first-order valence-corrected chi connectivity index (χ1v) is 24.2. The van der Waals surface area contributed by atoms with Crippen LogP contribution >= 0.6 is 0 Å². The summed E-state index contributed by atoms with van der Waals surface area (Å²) < 4.78 is 11.9. The van der Waals surface area contributed by atoms with Gasteiger partial charge < -0.3 is 13.6 Å². The first-order chi connectivity index (χ1) is 34.7. The molecule has 0 bridgehead atoms. The first-order valence-electron chi connectivity index (χ1n) is 24.2. The van der Waals surface area contributed by atoms with Gasteiger partial charge in [-0.3, -0.25) is 0 Å². The second kappa shape index (κ2) is 13.9. The molecule has 3 nitrogen and oxygen atoms in total. The van der Waals surface area contributed by atoms with Gasteiger partial charge in [-0.15, -0.1) is 0 Å². The molecule has 0 amide bonds. The topological polar surface area (TPSA) is 23.0 Å². The van der Waals surface area contributed by atoms with Gasteiger partial charge in [-0.1, -0.05) is 176 Å². The van der Waals surface area contributed by atoms with E-state index < -0.39 is 5.41 Å². The number of benzene rings is 11. The molecule has 0 fully saturated rings. The van der Waals surface area contributed by atoms with Gasteiger partial charge in [-0.25, -0.2) is 0 Å². The van der Waals surface area contributed by atoms with Crippen molar-refractivity contribution in [2.24, 2.45) is 0 Å². The summed E-state index contributed by atoms with van der Waals surface area (Å²) in [4.78, 5) is 0. The van der Waals surface area contributed by atoms with Crippen LogP contribution in [0.25, 0.3) is 121 Å². The molecule has 324 valence electrons. The van der Waals surface area contributed by atoms with Gasteiger partial charge in [0.05, 0.1) is 38.6 Å². The second-order valence-corrected chi connectivity index (χ2v) is 19.1. The van der Waals surface area contributed by atoms with Crippen LogP contribution in [-0.4, -0.2) is 9.13 Å². The number of hydrogen-bond acceptors (Lipinski definition) is 1. The maximum Gasteiger partial charge on any atom is 0.145 e. The lowest BCUT2D eigenvalue weighted by molar-refractivity contribution is 0.673. The largest absolute Gasteiger partial charge is 0.455 e. The van der Waals surface area contributed by atoms with Crippen LogP contribution in [0.5, 0.6) is 0 Å². The Morgan fingerprint density at radius 1 is 0.314 bits per heavy atom. The Labute approximate surface area is 403 Å². The zero-order chi connectivity index (χ0) is 45.7. The minimum atomic E-state index is -0.445.